The third kappa shape index (κ3) is 5.95. The summed E-state index contributed by atoms with van der Waals surface area (Å²) in [5, 5.41) is 11.5. The highest BCUT2D eigenvalue weighted by atomic mass is 32.2. The Morgan fingerprint density at radius 3 is 2.71 bits per heavy atom. The number of para-hydroxylation sites is 1. The fraction of sp³-hybridized carbons (Fsp3) is 0.250. The summed E-state index contributed by atoms with van der Waals surface area (Å²) in [5.74, 6) is -0.0341. The number of esters is 1. The van der Waals surface area contributed by atoms with Crippen molar-refractivity contribution in [2.45, 2.75) is 24.5 Å². The number of thioether (sulfide) groups is 1. The molecule has 0 unspecified atom stereocenters. The zero-order chi connectivity index (χ0) is 22.2. The molecule has 11 heteroatoms. The van der Waals surface area contributed by atoms with Gasteiger partial charge in [-0.05, 0) is 24.3 Å². The number of carbonyl (C=O) groups excluding carboxylic acids is 3. The Bertz CT molecular complexity index is 1060. The van der Waals surface area contributed by atoms with Crippen molar-refractivity contribution < 1.29 is 23.5 Å². The zero-order valence-corrected chi connectivity index (χ0v) is 17.6. The highest BCUT2D eigenvalue weighted by Gasteiger charge is 2.18. The summed E-state index contributed by atoms with van der Waals surface area (Å²) < 4.78 is 11.9. The number of aromatic nitrogens is 3. The molecule has 3 aromatic rings. The van der Waals surface area contributed by atoms with Gasteiger partial charge in [0.25, 0.3) is 0 Å². The summed E-state index contributed by atoms with van der Waals surface area (Å²) in [7, 11) is 1.28. The number of anilines is 1. The molecule has 3 N–H and O–H groups in total. The van der Waals surface area contributed by atoms with E-state index in [1.807, 2.05) is 6.07 Å². The van der Waals surface area contributed by atoms with Crippen LogP contribution in [0.2, 0.25) is 0 Å². The molecule has 0 radical (unpaired) electrons. The molecule has 0 atom stereocenters. The maximum absolute atomic E-state index is 12.5. The van der Waals surface area contributed by atoms with E-state index < -0.39 is 11.9 Å². The number of nitrogens with zero attached hydrogens (tertiary/aromatic N) is 3. The molecule has 0 aliphatic heterocycles. The zero-order valence-electron chi connectivity index (χ0n) is 16.7. The number of hydrogen-bond donors (Lipinski definition) is 2. The van der Waals surface area contributed by atoms with Gasteiger partial charge >= 0.3 is 5.97 Å². The molecule has 0 aliphatic carbocycles. The van der Waals surface area contributed by atoms with Crippen molar-refractivity contribution in [2.75, 3.05) is 18.2 Å². The van der Waals surface area contributed by atoms with Crippen LogP contribution >= 0.6 is 11.8 Å². The van der Waals surface area contributed by atoms with Crippen molar-refractivity contribution in [2.24, 2.45) is 5.73 Å². The number of nitrogens with one attached hydrogen (secondary N) is 1. The van der Waals surface area contributed by atoms with E-state index in [2.05, 4.69) is 15.5 Å². The molecule has 0 bridgehead atoms. The largest absolute Gasteiger partial charge is 0.467 e. The van der Waals surface area contributed by atoms with Crippen molar-refractivity contribution in [3.05, 3.63) is 59.8 Å². The number of rotatable bonds is 10. The van der Waals surface area contributed by atoms with E-state index in [9.17, 15) is 14.4 Å². The number of furan rings is 1. The second kappa shape index (κ2) is 10.4. The summed E-state index contributed by atoms with van der Waals surface area (Å²) in [5.41, 5.74) is 5.86. The van der Waals surface area contributed by atoms with Gasteiger partial charge in [0.15, 0.2) is 5.16 Å². The second-order valence-corrected chi connectivity index (χ2v) is 7.35. The van der Waals surface area contributed by atoms with Crippen molar-refractivity contribution in [3.8, 4) is 0 Å². The van der Waals surface area contributed by atoms with Gasteiger partial charge in [-0.25, -0.2) is 4.79 Å². The van der Waals surface area contributed by atoms with Crippen LogP contribution in [0.25, 0.3) is 0 Å². The lowest BCUT2D eigenvalue weighted by Crippen LogP contribution is -2.17. The first-order valence-electron chi connectivity index (χ1n) is 9.30. The standard InChI is InChI=1S/C20H21N5O5S/c1-29-19(28)14-6-2-3-7-15(14)22-18(27)12-31-20-24-23-17(9-8-16(21)26)25(20)11-13-5-4-10-30-13/h2-7,10H,8-9,11-12H2,1H3,(H2,21,26)(H,22,27). The van der Waals surface area contributed by atoms with Crippen LogP contribution in [-0.4, -0.2) is 45.4 Å². The second-order valence-electron chi connectivity index (χ2n) is 6.40. The Hall–Kier alpha value is -3.60. The number of aryl methyl sites for hydroxylation is 1. The lowest BCUT2D eigenvalue weighted by atomic mass is 10.2. The number of primary amides is 1. The Balaban J connectivity index is 1.70. The van der Waals surface area contributed by atoms with Crippen molar-refractivity contribution in [1.82, 2.24) is 14.8 Å². The lowest BCUT2D eigenvalue weighted by molar-refractivity contribution is -0.118. The number of nitrogens with two attached hydrogens (primary N) is 1. The van der Waals surface area contributed by atoms with Crippen LogP contribution in [0, 0.1) is 0 Å². The van der Waals surface area contributed by atoms with Gasteiger partial charge in [-0.3, -0.25) is 14.2 Å². The van der Waals surface area contributed by atoms with Crippen molar-refractivity contribution >= 4 is 35.2 Å². The van der Waals surface area contributed by atoms with E-state index in [1.165, 1.54) is 18.9 Å². The van der Waals surface area contributed by atoms with Crippen LogP contribution in [0.5, 0.6) is 0 Å². The number of carbonyl (C=O) groups is 3. The number of methoxy groups -OCH3 is 1. The topological polar surface area (TPSA) is 142 Å². The van der Waals surface area contributed by atoms with Crippen LogP contribution in [0.1, 0.15) is 28.4 Å². The number of benzene rings is 1. The van der Waals surface area contributed by atoms with Gasteiger partial charge in [-0.1, -0.05) is 23.9 Å². The minimum absolute atomic E-state index is 0.0294. The van der Waals surface area contributed by atoms with Gasteiger partial charge in [0, 0.05) is 12.8 Å². The maximum atomic E-state index is 12.5. The first kappa shape index (κ1) is 22.1. The van der Waals surface area contributed by atoms with Gasteiger partial charge in [-0.2, -0.15) is 0 Å². The van der Waals surface area contributed by atoms with Gasteiger partial charge in [0.1, 0.15) is 11.6 Å². The minimum atomic E-state index is -0.541. The molecular formula is C20H21N5O5S. The molecule has 0 saturated carbocycles. The normalized spacial score (nSPS) is 10.6. The predicted molar refractivity (Wildman–Crippen MR) is 112 cm³/mol. The summed E-state index contributed by atoms with van der Waals surface area (Å²) in [6.45, 7) is 0.350. The first-order valence-corrected chi connectivity index (χ1v) is 10.3. The molecule has 1 aromatic carbocycles. The molecule has 0 aliphatic rings. The van der Waals surface area contributed by atoms with Gasteiger partial charge in [-0.15, -0.1) is 10.2 Å². The highest BCUT2D eigenvalue weighted by Crippen LogP contribution is 2.21. The van der Waals surface area contributed by atoms with Crippen molar-refractivity contribution in [3.63, 3.8) is 0 Å². The van der Waals surface area contributed by atoms with E-state index in [4.69, 9.17) is 14.9 Å². The molecule has 2 aromatic heterocycles. The van der Waals surface area contributed by atoms with E-state index in [0.29, 0.717) is 35.4 Å². The van der Waals surface area contributed by atoms with Crippen LogP contribution in [0.3, 0.4) is 0 Å². The van der Waals surface area contributed by atoms with E-state index >= 15 is 0 Å². The van der Waals surface area contributed by atoms with Gasteiger partial charge in [0.05, 0.1) is 36.9 Å². The molecule has 0 spiro atoms. The summed E-state index contributed by atoms with van der Waals surface area (Å²) in [4.78, 5) is 35.5. The monoisotopic (exact) mass is 443 g/mol. The third-order valence-electron chi connectivity index (χ3n) is 4.22. The Kier molecular flexibility index (Phi) is 7.44. The average molecular weight is 443 g/mol. The fourth-order valence-electron chi connectivity index (χ4n) is 2.76. The Morgan fingerprint density at radius 2 is 2.00 bits per heavy atom. The fourth-order valence-corrected chi connectivity index (χ4v) is 3.52. The number of hydrogen-bond acceptors (Lipinski definition) is 8. The maximum Gasteiger partial charge on any atom is 0.339 e. The Labute approximate surface area is 182 Å². The third-order valence-corrected chi connectivity index (χ3v) is 5.19. The average Bonchev–Trinajstić information content (AvgIpc) is 3.41. The SMILES string of the molecule is COC(=O)c1ccccc1NC(=O)CSc1nnc(CCC(N)=O)n1Cc1ccco1. The van der Waals surface area contributed by atoms with Crippen LogP contribution in [0.15, 0.2) is 52.2 Å². The van der Waals surface area contributed by atoms with Gasteiger partial charge in [0.2, 0.25) is 11.8 Å². The Morgan fingerprint density at radius 1 is 1.19 bits per heavy atom. The molecule has 0 saturated heterocycles. The smallest absolute Gasteiger partial charge is 0.339 e. The number of amides is 2. The van der Waals surface area contributed by atoms with Crippen LogP contribution in [-0.2, 0) is 27.3 Å². The summed E-state index contributed by atoms with van der Waals surface area (Å²) in [6.07, 6.45) is 2.01. The molecule has 0 fully saturated rings. The first-order chi connectivity index (χ1) is 15.0. The minimum Gasteiger partial charge on any atom is -0.467 e. The lowest BCUT2D eigenvalue weighted by Gasteiger charge is -2.10. The molecule has 10 nitrogen and oxygen atoms in total. The van der Waals surface area contributed by atoms with E-state index in [1.54, 1.807) is 41.2 Å². The summed E-state index contributed by atoms with van der Waals surface area (Å²) in [6, 6.07) is 10.2. The van der Waals surface area contributed by atoms with Crippen molar-refractivity contribution in [1.29, 1.82) is 0 Å². The molecule has 2 heterocycles. The molecule has 3 rings (SSSR count). The summed E-state index contributed by atoms with van der Waals surface area (Å²) >= 11 is 1.17. The quantitative estimate of drug-likeness (QED) is 0.357. The van der Waals surface area contributed by atoms with Crippen LogP contribution < -0.4 is 11.1 Å². The van der Waals surface area contributed by atoms with Crippen LogP contribution in [0.4, 0.5) is 5.69 Å². The van der Waals surface area contributed by atoms with Gasteiger partial charge < -0.3 is 20.2 Å². The highest BCUT2D eigenvalue weighted by molar-refractivity contribution is 7.99. The molecule has 162 valence electrons. The molecule has 2 amide bonds. The molecular weight excluding hydrogens is 422 g/mol. The number of ether oxygens (including phenoxy) is 1. The van der Waals surface area contributed by atoms with E-state index in [-0.39, 0.29) is 23.6 Å². The van der Waals surface area contributed by atoms with E-state index in [0.717, 1.165) is 0 Å². The molecule has 31 heavy (non-hydrogen) atoms. The predicted octanol–water partition coefficient (Wildman–Crippen LogP) is 1.85.